The zero-order valence-corrected chi connectivity index (χ0v) is 22.3. The van der Waals surface area contributed by atoms with Crippen molar-refractivity contribution in [1.82, 2.24) is 10.2 Å². The van der Waals surface area contributed by atoms with Crippen LogP contribution in [0.1, 0.15) is 41.8 Å². The van der Waals surface area contributed by atoms with Crippen LogP contribution in [-0.4, -0.2) is 41.2 Å². The van der Waals surface area contributed by atoms with E-state index in [4.69, 9.17) is 0 Å². The minimum absolute atomic E-state index is 0.0308. The van der Waals surface area contributed by atoms with E-state index < -0.39 is 6.04 Å². The maximum absolute atomic E-state index is 14.2. The van der Waals surface area contributed by atoms with Crippen LogP contribution in [0.25, 0.3) is 10.8 Å². The Balaban J connectivity index is 1.50. The average molecular weight is 520 g/mol. The van der Waals surface area contributed by atoms with Crippen LogP contribution < -0.4 is 10.2 Å². The van der Waals surface area contributed by atoms with Crippen LogP contribution in [0.3, 0.4) is 0 Å². The van der Waals surface area contributed by atoms with Crippen LogP contribution in [0.2, 0.25) is 0 Å². The number of nitrogens with zero attached hydrogens (tertiary/aromatic N) is 2. The fraction of sp³-hybridized carbons (Fsp3) is 0.242. The lowest BCUT2D eigenvalue weighted by atomic mass is 10.0. The van der Waals surface area contributed by atoms with Gasteiger partial charge in [0, 0.05) is 30.0 Å². The molecule has 0 aromatic heterocycles. The van der Waals surface area contributed by atoms with Gasteiger partial charge in [0.2, 0.25) is 11.8 Å². The molecule has 5 rings (SSSR count). The number of benzene rings is 4. The van der Waals surface area contributed by atoms with Gasteiger partial charge in [-0.3, -0.25) is 19.3 Å². The van der Waals surface area contributed by atoms with Gasteiger partial charge in [-0.05, 0) is 42.0 Å². The highest BCUT2D eigenvalue weighted by Crippen LogP contribution is 2.37. The van der Waals surface area contributed by atoms with Crippen molar-refractivity contribution >= 4 is 34.2 Å². The average Bonchev–Trinajstić information content (AvgIpc) is 3.23. The van der Waals surface area contributed by atoms with E-state index in [1.165, 1.54) is 0 Å². The van der Waals surface area contributed by atoms with Crippen molar-refractivity contribution in [2.24, 2.45) is 0 Å². The second-order valence-corrected chi connectivity index (χ2v) is 10.1. The van der Waals surface area contributed by atoms with Gasteiger partial charge in [0.15, 0.2) is 0 Å². The van der Waals surface area contributed by atoms with Crippen molar-refractivity contribution < 1.29 is 14.4 Å². The van der Waals surface area contributed by atoms with Crippen LogP contribution in [0, 0.1) is 0 Å². The molecule has 2 atom stereocenters. The third-order valence-corrected chi connectivity index (χ3v) is 7.41. The topological polar surface area (TPSA) is 69.7 Å². The predicted octanol–water partition coefficient (Wildman–Crippen LogP) is 5.35. The normalized spacial score (nSPS) is 13.8. The van der Waals surface area contributed by atoms with Crippen molar-refractivity contribution in [2.75, 3.05) is 11.4 Å². The zero-order valence-electron chi connectivity index (χ0n) is 22.3. The van der Waals surface area contributed by atoms with Gasteiger partial charge in [-0.2, -0.15) is 0 Å². The molecule has 1 aliphatic heterocycles. The first kappa shape index (κ1) is 26.2. The Hall–Kier alpha value is -4.45. The highest BCUT2D eigenvalue weighted by atomic mass is 16.2. The SMILES string of the molecule is CCC(C)NC(=O)C(Cc1ccccc1)N(Cc1ccccc1)C(=O)CN1C(=O)c2cccc3cccc1c23. The first-order chi connectivity index (χ1) is 19.0. The number of amides is 3. The molecule has 0 saturated heterocycles. The number of hydrogen-bond acceptors (Lipinski definition) is 3. The Morgan fingerprint density at radius 1 is 0.846 bits per heavy atom. The molecule has 1 heterocycles. The van der Waals surface area contributed by atoms with E-state index in [2.05, 4.69) is 5.32 Å². The first-order valence-electron chi connectivity index (χ1n) is 13.5. The maximum atomic E-state index is 14.2. The molecular weight excluding hydrogens is 486 g/mol. The standard InChI is InChI=1S/C33H33N3O3/c1-3-23(2)34-32(38)29(20-24-12-6-4-7-13-24)35(21-25-14-8-5-9-15-25)30(37)22-36-28-19-11-17-26-16-10-18-27(31(26)28)33(36)39/h4-19,23,29H,3,20-22H2,1-2H3,(H,34,38). The molecule has 198 valence electrons. The summed E-state index contributed by atoms with van der Waals surface area (Å²) in [6, 6.07) is 30.0. The molecule has 4 aromatic carbocycles. The monoisotopic (exact) mass is 519 g/mol. The molecule has 0 radical (unpaired) electrons. The molecule has 1 N–H and O–H groups in total. The Labute approximate surface area is 229 Å². The molecule has 6 heteroatoms. The summed E-state index contributed by atoms with van der Waals surface area (Å²) in [6.07, 6.45) is 1.15. The third-order valence-electron chi connectivity index (χ3n) is 7.41. The number of nitrogens with one attached hydrogen (secondary N) is 1. The molecule has 0 fully saturated rings. The number of rotatable bonds is 10. The molecule has 1 aliphatic rings. The molecular formula is C33H33N3O3. The molecule has 0 spiro atoms. The highest BCUT2D eigenvalue weighted by molar-refractivity contribution is 6.26. The van der Waals surface area contributed by atoms with E-state index in [-0.39, 0.29) is 36.9 Å². The third kappa shape index (κ3) is 5.55. The summed E-state index contributed by atoms with van der Waals surface area (Å²) in [5.74, 6) is -0.675. The lowest BCUT2D eigenvalue weighted by Gasteiger charge is -2.33. The number of hydrogen-bond donors (Lipinski definition) is 1. The van der Waals surface area contributed by atoms with Crippen molar-refractivity contribution in [1.29, 1.82) is 0 Å². The van der Waals surface area contributed by atoms with Crippen LogP contribution >= 0.6 is 0 Å². The largest absolute Gasteiger partial charge is 0.352 e. The van der Waals surface area contributed by atoms with Crippen LogP contribution in [0.5, 0.6) is 0 Å². The second-order valence-electron chi connectivity index (χ2n) is 10.1. The van der Waals surface area contributed by atoms with Crippen molar-refractivity contribution in [3.05, 3.63) is 114 Å². The lowest BCUT2D eigenvalue weighted by molar-refractivity contribution is -0.140. The number of carbonyl (C=O) groups excluding carboxylic acids is 3. The van der Waals surface area contributed by atoms with Gasteiger partial charge in [-0.15, -0.1) is 0 Å². The van der Waals surface area contributed by atoms with Gasteiger partial charge < -0.3 is 10.2 Å². The first-order valence-corrected chi connectivity index (χ1v) is 13.5. The summed E-state index contributed by atoms with van der Waals surface area (Å²) in [6.45, 7) is 4.08. The molecule has 39 heavy (non-hydrogen) atoms. The van der Waals surface area contributed by atoms with E-state index in [1.54, 1.807) is 15.9 Å². The maximum Gasteiger partial charge on any atom is 0.259 e. The molecule has 2 unspecified atom stereocenters. The van der Waals surface area contributed by atoms with Crippen molar-refractivity contribution in [2.45, 2.75) is 45.3 Å². The Morgan fingerprint density at radius 3 is 2.15 bits per heavy atom. The molecule has 3 amide bonds. The summed E-state index contributed by atoms with van der Waals surface area (Å²) in [4.78, 5) is 44.5. The Bertz CT molecular complexity index is 1480. The number of anilines is 1. The van der Waals surface area contributed by atoms with E-state index in [0.717, 1.165) is 34.0 Å². The Morgan fingerprint density at radius 2 is 1.49 bits per heavy atom. The Kier molecular flexibility index (Phi) is 7.73. The summed E-state index contributed by atoms with van der Waals surface area (Å²) >= 11 is 0. The van der Waals surface area contributed by atoms with E-state index >= 15 is 0 Å². The minimum atomic E-state index is -0.745. The van der Waals surface area contributed by atoms with Crippen molar-refractivity contribution in [3.8, 4) is 0 Å². The van der Waals surface area contributed by atoms with Gasteiger partial charge in [0.1, 0.15) is 12.6 Å². The van der Waals surface area contributed by atoms with Gasteiger partial charge in [-0.1, -0.05) is 91.9 Å². The fourth-order valence-electron chi connectivity index (χ4n) is 5.14. The van der Waals surface area contributed by atoms with Crippen molar-refractivity contribution in [3.63, 3.8) is 0 Å². The fourth-order valence-corrected chi connectivity index (χ4v) is 5.14. The van der Waals surface area contributed by atoms with Gasteiger partial charge in [-0.25, -0.2) is 0 Å². The van der Waals surface area contributed by atoms with E-state index in [0.29, 0.717) is 12.0 Å². The molecule has 6 nitrogen and oxygen atoms in total. The minimum Gasteiger partial charge on any atom is -0.352 e. The zero-order chi connectivity index (χ0) is 27.4. The van der Waals surface area contributed by atoms with Gasteiger partial charge in [0.25, 0.3) is 5.91 Å². The van der Waals surface area contributed by atoms with Gasteiger partial charge in [0.05, 0.1) is 5.69 Å². The smallest absolute Gasteiger partial charge is 0.259 e. The van der Waals surface area contributed by atoms with Crippen LogP contribution in [0.4, 0.5) is 5.69 Å². The summed E-state index contributed by atoms with van der Waals surface area (Å²) in [7, 11) is 0. The van der Waals surface area contributed by atoms with E-state index in [9.17, 15) is 14.4 Å². The van der Waals surface area contributed by atoms with Gasteiger partial charge >= 0.3 is 0 Å². The quantitative estimate of drug-likeness (QED) is 0.307. The van der Waals surface area contributed by atoms with E-state index in [1.807, 2.05) is 105 Å². The molecule has 0 saturated carbocycles. The molecule has 0 bridgehead atoms. The lowest BCUT2D eigenvalue weighted by Crippen LogP contribution is -2.54. The van der Waals surface area contributed by atoms with Crippen LogP contribution in [-0.2, 0) is 22.6 Å². The number of carbonyl (C=O) groups is 3. The highest BCUT2D eigenvalue weighted by Gasteiger charge is 2.36. The predicted molar refractivity (Wildman–Crippen MR) is 154 cm³/mol. The molecule has 0 aliphatic carbocycles. The summed E-state index contributed by atoms with van der Waals surface area (Å²) in [5.41, 5.74) is 3.20. The summed E-state index contributed by atoms with van der Waals surface area (Å²) < 4.78 is 0. The van der Waals surface area contributed by atoms with Crippen LogP contribution in [0.15, 0.2) is 97.1 Å². The molecule has 4 aromatic rings. The summed E-state index contributed by atoms with van der Waals surface area (Å²) in [5, 5.41) is 4.92. The second kappa shape index (κ2) is 11.5.